The molecule has 274 valence electrons. The van der Waals surface area contributed by atoms with E-state index in [9.17, 15) is 0 Å². The van der Waals surface area contributed by atoms with Crippen LogP contribution in [0.5, 0.6) is 0 Å². The Bertz CT molecular complexity index is 3120. The van der Waals surface area contributed by atoms with E-state index in [0.717, 1.165) is 27.9 Å². The summed E-state index contributed by atoms with van der Waals surface area (Å²) in [5, 5.41) is 2.50. The van der Waals surface area contributed by atoms with Gasteiger partial charge in [-0.2, -0.15) is 0 Å². The maximum Gasteiger partial charge on any atom is 0.164 e. The Morgan fingerprint density at radius 3 is 1.64 bits per heavy atom. The number of nitrogens with zero attached hydrogens (tertiary/aromatic N) is 4. The predicted molar refractivity (Wildman–Crippen MR) is 239 cm³/mol. The third kappa shape index (κ3) is 5.48. The van der Waals surface area contributed by atoms with Crippen molar-refractivity contribution in [1.29, 1.82) is 0 Å². The van der Waals surface area contributed by atoms with Gasteiger partial charge in [0.2, 0.25) is 0 Å². The zero-order valence-electron chi connectivity index (χ0n) is 32.3. The van der Waals surface area contributed by atoms with E-state index in [0.29, 0.717) is 17.5 Å². The molecular weight excluding hydrogens is 705 g/mol. The van der Waals surface area contributed by atoms with Crippen molar-refractivity contribution in [3.63, 3.8) is 0 Å². The van der Waals surface area contributed by atoms with Crippen LogP contribution in [0.1, 0.15) is 25.0 Å². The number of benzene rings is 8. The molecule has 10 aromatic rings. The summed E-state index contributed by atoms with van der Waals surface area (Å²) in [6.07, 6.45) is 0. The summed E-state index contributed by atoms with van der Waals surface area (Å²) in [5.74, 6) is 1.96. The van der Waals surface area contributed by atoms with Gasteiger partial charge in [0, 0.05) is 38.6 Å². The van der Waals surface area contributed by atoms with E-state index in [-0.39, 0.29) is 5.41 Å². The maximum atomic E-state index is 5.05. The molecule has 11 rings (SSSR count). The Balaban J connectivity index is 1.04. The third-order valence-electron chi connectivity index (χ3n) is 11.9. The minimum absolute atomic E-state index is 0.159. The molecule has 0 bridgehead atoms. The molecule has 2 heterocycles. The summed E-state index contributed by atoms with van der Waals surface area (Å²) in [6, 6.07) is 69.1. The SMILES string of the molecule is CC1(C)c2ccc(-c3ccc4c(c3)c3ccccc3n4-c3ccccc3)cc2-c2c(-c3cccc(-c4nc(-c5ccccc5)nc(-c5ccccc5)n4)c3)cccc21. The second-order valence-corrected chi connectivity index (χ2v) is 15.7. The average molecular weight is 743 g/mol. The van der Waals surface area contributed by atoms with Gasteiger partial charge in [0.25, 0.3) is 0 Å². The molecule has 0 atom stereocenters. The molecule has 1 aliphatic carbocycles. The van der Waals surface area contributed by atoms with E-state index in [2.05, 4.69) is 152 Å². The first kappa shape index (κ1) is 33.9. The van der Waals surface area contributed by atoms with Gasteiger partial charge in [0.05, 0.1) is 11.0 Å². The van der Waals surface area contributed by atoms with Crippen molar-refractivity contribution in [1.82, 2.24) is 19.5 Å². The van der Waals surface area contributed by atoms with Crippen LogP contribution in [-0.4, -0.2) is 19.5 Å². The van der Waals surface area contributed by atoms with Crippen LogP contribution in [0.4, 0.5) is 0 Å². The topological polar surface area (TPSA) is 43.6 Å². The van der Waals surface area contributed by atoms with E-state index in [1.54, 1.807) is 0 Å². The Labute approximate surface area is 337 Å². The van der Waals surface area contributed by atoms with Gasteiger partial charge in [0.15, 0.2) is 17.5 Å². The molecular formula is C54H38N4. The van der Waals surface area contributed by atoms with E-state index < -0.39 is 0 Å². The molecule has 4 heteroatoms. The molecule has 2 aromatic heterocycles. The highest BCUT2D eigenvalue weighted by Crippen LogP contribution is 2.53. The lowest BCUT2D eigenvalue weighted by Gasteiger charge is -2.22. The number of para-hydroxylation sites is 2. The zero-order chi connectivity index (χ0) is 38.8. The number of hydrogen-bond acceptors (Lipinski definition) is 3. The molecule has 0 amide bonds. The first-order valence-corrected chi connectivity index (χ1v) is 19.9. The molecule has 0 saturated heterocycles. The van der Waals surface area contributed by atoms with Crippen molar-refractivity contribution in [2.45, 2.75) is 19.3 Å². The van der Waals surface area contributed by atoms with Gasteiger partial charge in [-0.15, -0.1) is 0 Å². The highest BCUT2D eigenvalue weighted by molar-refractivity contribution is 6.10. The minimum Gasteiger partial charge on any atom is -0.309 e. The summed E-state index contributed by atoms with van der Waals surface area (Å²) in [5.41, 5.74) is 16.3. The summed E-state index contributed by atoms with van der Waals surface area (Å²) in [7, 11) is 0. The largest absolute Gasteiger partial charge is 0.309 e. The molecule has 0 unspecified atom stereocenters. The van der Waals surface area contributed by atoms with Gasteiger partial charge in [-0.25, -0.2) is 15.0 Å². The average Bonchev–Trinajstić information content (AvgIpc) is 3.74. The highest BCUT2D eigenvalue weighted by atomic mass is 15.0. The number of hydrogen-bond donors (Lipinski definition) is 0. The van der Waals surface area contributed by atoms with E-state index in [1.807, 2.05) is 60.7 Å². The smallest absolute Gasteiger partial charge is 0.164 e. The van der Waals surface area contributed by atoms with Gasteiger partial charge in [-0.3, -0.25) is 0 Å². The summed E-state index contributed by atoms with van der Waals surface area (Å²) >= 11 is 0. The van der Waals surface area contributed by atoms with E-state index in [4.69, 9.17) is 15.0 Å². The minimum atomic E-state index is -0.159. The molecule has 0 radical (unpaired) electrons. The lowest BCUT2D eigenvalue weighted by molar-refractivity contribution is 0.660. The quantitative estimate of drug-likeness (QED) is 0.170. The molecule has 0 fully saturated rings. The van der Waals surface area contributed by atoms with Gasteiger partial charge >= 0.3 is 0 Å². The third-order valence-corrected chi connectivity index (χ3v) is 11.9. The fourth-order valence-corrected chi connectivity index (χ4v) is 9.00. The van der Waals surface area contributed by atoms with Gasteiger partial charge in [-0.1, -0.05) is 166 Å². The molecule has 0 aliphatic heterocycles. The summed E-state index contributed by atoms with van der Waals surface area (Å²) in [4.78, 5) is 15.0. The molecule has 4 nitrogen and oxygen atoms in total. The molecule has 0 N–H and O–H groups in total. The first-order chi connectivity index (χ1) is 28.5. The Morgan fingerprint density at radius 2 is 0.914 bits per heavy atom. The molecule has 0 spiro atoms. The second kappa shape index (κ2) is 13.4. The van der Waals surface area contributed by atoms with Gasteiger partial charge in [-0.05, 0) is 87.0 Å². The number of fused-ring (bicyclic) bond motifs is 6. The van der Waals surface area contributed by atoms with Crippen molar-refractivity contribution in [3.05, 3.63) is 205 Å². The van der Waals surface area contributed by atoms with Crippen molar-refractivity contribution in [3.8, 4) is 73.2 Å². The van der Waals surface area contributed by atoms with Gasteiger partial charge < -0.3 is 4.57 Å². The molecule has 8 aromatic carbocycles. The van der Waals surface area contributed by atoms with Gasteiger partial charge in [0.1, 0.15) is 0 Å². The van der Waals surface area contributed by atoms with E-state index >= 15 is 0 Å². The second-order valence-electron chi connectivity index (χ2n) is 15.7. The fourth-order valence-electron chi connectivity index (χ4n) is 9.00. The summed E-state index contributed by atoms with van der Waals surface area (Å²) < 4.78 is 2.37. The van der Waals surface area contributed by atoms with Crippen LogP contribution in [0.25, 0.3) is 95.0 Å². The van der Waals surface area contributed by atoms with E-state index in [1.165, 1.54) is 60.8 Å². The van der Waals surface area contributed by atoms with Crippen molar-refractivity contribution >= 4 is 21.8 Å². The number of rotatable bonds is 6. The first-order valence-electron chi connectivity index (χ1n) is 19.9. The van der Waals surface area contributed by atoms with Crippen LogP contribution in [0.2, 0.25) is 0 Å². The Hall–Kier alpha value is -7.43. The zero-order valence-corrected chi connectivity index (χ0v) is 32.3. The van der Waals surface area contributed by atoms with Crippen LogP contribution in [-0.2, 0) is 5.41 Å². The normalized spacial score (nSPS) is 12.8. The predicted octanol–water partition coefficient (Wildman–Crippen LogP) is 13.6. The van der Waals surface area contributed by atoms with Crippen LogP contribution >= 0.6 is 0 Å². The molecule has 0 saturated carbocycles. The van der Waals surface area contributed by atoms with Crippen LogP contribution < -0.4 is 0 Å². The van der Waals surface area contributed by atoms with Crippen LogP contribution in [0, 0.1) is 0 Å². The van der Waals surface area contributed by atoms with Crippen molar-refractivity contribution in [2.24, 2.45) is 0 Å². The van der Waals surface area contributed by atoms with Crippen LogP contribution in [0.3, 0.4) is 0 Å². The number of aromatic nitrogens is 4. The lowest BCUT2D eigenvalue weighted by Crippen LogP contribution is -2.14. The van der Waals surface area contributed by atoms with Crippen molar-refractivity contribution < 1.29 is 0 Å². The fraction of sp³-hybridized carbons (Fsp3) is 0.0556. The standard InChI is InChI=1S/C54H38N4/c1-54(2)46-30-28-37(38-29-31-49-44(33-38)43-24-12-13-27-48(43)58(49)41-22-10-5-11-23-41)34-45(46)50-42(25-15-26-47(50)54)39-20-14-21-40(32-39)53-56-51(35-16-6-3-7-17-35)55-52(57-53)36-18-8-4-9-19-36/h3-34H,1-2H3. The molecule has 1 aliphatic rings. The Morgan fingerprint density at radius 1 is 0.362 bits per heavy atom. The van der Waals surface area contributed by atoms with Crippen molar-refractivity contribution in [2.75, 3.05) is 0 Å². The monoisotopic (exact) mass is 742 g/mol. The Kier molecular flexibility index (Phi) is 7.80. The lowest BCUT2D eigenvalue weighted by atomic mass is 9.81. The van der Waals surface area contributed by atoms with Crippen LogP contribution in [0.15, 0.2) is 194 Å². The summed E-state index contributed by atoms with van der Waals surface area (Å²) in [6.45, 7) is 4.70. The maximum absolute atomic E-state index is 5.05. The highest BCUT2D eigenvalue weighted by Gasteiger charge is 2.37. The molecule has 58 heavy (non-hydrogen) atoms.